The third kappa shape index (κ3) is 9.41. The normalized spacial score (nSPS) is 14.0. The van der Waals surface area contributed by atoms with Gasteiger partial charge in [0.25, 0.3) is 6.33 Å². The number of hydrogen-bond donors (Lipinski definition) is 0. The van der Waals surface area contributed by atoms with Crippen LogP contribution in [0.4, 0.5) is 0 Å². The van der Waals surface area contributed by atoms with Crippen LogP contribution in [0.25, 0.3) is 94.5 Å². The SMILES string of the molecule is [2H]c1c([2H])c([2H])c(-c2cccc(-c3c([2H])c([2H])c([2H])c([2H])c3[2H])c2-[n+]2[c-]n(-c3cccc(Oc4ccc5c6cc(-c7cc(C(C)(C)C)cc(C(C)(C)C)c7)ccc6n(-c6cc(C(C)(C)C)ccn6)c5c4)c3)c3ccc(-c4ccccc4)cc32)c([2H])c1[2H]. The molecule has 5 heteroatoms. The summed E-state index contributed by atoms with van der Waals surface area (Å²) in [5.74, 6) is 1.85. The van der Waals surface area contributed by atoms with Crippen molar-refractivity contribution in [1.82, 2.24) is 14.1 Å². The number of hydrogen-bond acceptors (Lipinski definition) is 2. The van der Waals surface area contributed by atoms with Crippen LogP contribution in [0.5, 0.6) is 11.5 Å². The van der Waals surface area contributed by atoms with E-state index in [1.165, 1.54) is 11.1 Å². The third-order valence-electron chi connectivity index (χ3n) is 14.5. The van der Waals surface area contributed by atoms with E-state index < -0.39 is 60.4 Å². The minimum atomic E-state index is -0.574. The van der Waals surface area contributed by atoms with E-state index in [2.05, 4.69) is 134 Å². The molecule has 0 aliphatic carbocycles. The van der Waals surface area contributed by atoms with Gasteiger partial charge in [-0.3, -0.25) is 13.7 Å². The topological polar surface area (TPSA) is 35.9 Å². The molecule has 378 valence electrons. The van der Waals surface area contributed by atoms with Crippen molar-refractivity contribution >= 4 is 32.8 Å². The van der Waals surface area contributed by atoms with Crippen LogP contribution >= 0.6 is 0 Å². The van der Waals surface area contributed by atoms with Gasteiger partial charge < -0.3 is 4.74 Å². The van der Waals surface area contributed by atoms with Crippen LogP contribution in [-0.2, 0) is 16.2 Å². The van der Waals surface area contributed by atoms with Gasteiger partial charge in [-0.1, -0.05) is 214 Å². The van der Waals surface area contributed by atoms with Gasteiger partial charge in [-0.2, -0.15) is 0 Å². The summed E-state index contributed by atoms with van der Waals surface area (Å²) < 4.78 is 101. The number of imidazole rings is 1. The number of nitrogens with zero attached hydrogens (tertiary/aromatic N) is 4. The van der Waals surface area contributed by atoms with Crippen molar-refractivity contribution in [1.29, 1.82) is 0 Å². The van der Waals surface area contributed by atoms with E-state index in [0.29, 0.717) is 28.2 Å². The summed E-state index contributed by atoms with van der Waals surface area (Å²) in [5, 5.41) is 2.10. The Bertz CT molecular complexity index is 4620. The molecule has 77 heavy (non-hydrogen) atoms. The zero-order valence-electron chi connectivity index (χ0n) is 54.8. The summed E-state index contributed by atoms with van der Waals surface area (Å²) >= 11 is 0. The molecule has 0 aliphatic heterocycles. The highest BCUT2D eigenvalue weighted by Crippen LogP contribution is 2.41. The van der Waals surface area contributed by atoms with E-state index in [-0.39, 0.29) is 44.2 Å². The van der Waals surface area contributed by atoms with Crippen LogP contribution in [0.2, 0.25) is 0 Å². The summed E-state index contributed by atoms with van der Waals surface area (Å²) in [6, 6.07) is 46.8. The Balaban J connectivity index is 1.05. The van der Waals surface area contributed by atoms with Gasteiger partial charge in [0.15, 0.2) is 0 Å². The molecule has 12 aromatic rings. The monoisotopic (exact) mass is 1010 g/mol. The molecule has 3 heterocycles. The largest absolute Gasteiger partial charge is 0.458 e. The minimum absolute atomic E-state index is 0.0604. The molecule has 5 nitrogen and oxygen atoms in total. The van der Waals surface area contributed by atoms with Crippen LogP contribution in [0.15, 0.2) is 224 Å². The maximum absolute atomic E-state index is 9.23. The van der Waals surface area contributed by atoms with Crippen molar-refractivity contribution in [2.24, 2.45) is 0 Å². The molecule has 0 N–H and O–H groups in total. The van der Waals surface area contributed by atoms with Crippen LogP contribution in [0.3, 0.4) is 0 Å². The second-order valence-corrected chi connectivity index (χ2v) is 22.8. The van der Waals surface area contributed by atoms with E-state index in [9.17, 15) is 5.48 Å². The zero-order chi connectivity index (χ0) is 61.9. The molecule has 0 fully saturated rings. The number of benzene rings is 9. The van der Waals surface area contributed by atoms with Gasteiger partial charge in [-0.05, 0) is 138 Å². The standard InChI is InChI=1S/C72H64N4O/c1-70(2,3)54-37-38-73-68(44-54)76-64-35-31-51(53-39-55(71(4,5)6)43-56(40-53)72(7,8)9)41-63(64)62-34-33-59(46-66(62)76)77-58-28-19-27-57(45-58)74-47-75(67-42-52(32-36-65(67)74)48-21-13-10-14-22-48)69-60(49-23-15-11-16-24-49)29-20-30-61(69)50-25-17-12-18-26-50/h10-46H,1-9H3/i11D,12D,15D,16D,17D,18D,23D,24D,25D,26D. The smallest absolute Gasteiger partial charge is 0.269 e. The first-order chi connectivity index (χ1) is 41.2. The molecule has 12 rings (SSSR count). The van der Waals surface area contributed by atoms with Crippen molar-refractivity contribution in [3.63, 3.8) is 0 Å². The van der Waals surface area contributed by atoms with E-state index >= 15 is 0 Å². The molecule has 0 spiro atoms. The Morgan fingerprint density at radius 3 is 1.71 bits per heavy atom. The zero-order valence-corrected chi connectivity index (χ0v) is 44.8. The second kappa shape index (κ2) is 19.1. The van der Waals surface area contributed by atoms with Crippen molar-refractivity contribution in [3.8, 4) is 73.2 Å². The lowest BCUT2D eigenvalue weighted by Crippen LogP contribution is -2.31. The molecule has 0 saturated carbocycles. The maximum atomic E-state index is 9.23. The highest BCUT2D eigenvalue weighted by atomic mass is 16.5. The highest BCUT2D eigenvalue weighted by molar-refractivity contribution is 6.11. The Morgan fingerprint density at radius 1 is 0.455 bits per heavy atom. The summed E-state index contributed by atoms with van der Waals surface area (Å²) in [6.07, 6.45) is 5.42. The predicted molar refractivity (Wildman–Crippen MR) is 320 cm³/mol. The van der Waals surface area contributed by atoms with Gasteiger partial charge in [0.2, 0.25) is 0 Å². The number of pyridine rings is 1. The van der Waals surface area contributed by atoms with E-state index in [4.69, 9.17) is 17.9 Å². The van der Waals surface area contributed by atoms with Gasteiger partial charge >= 0.3 is 0 Å². The minimum Gasteiger partial charge on any atom is -0.458 e. The maximum Gasteiger partial charge on any atom is 0.269 e. The van der Waals surface area contributed by atoms with Crippen molar-refractivity contribution in [3.05, 3.63) is 247 Å². The van der Waals surface area contributed by atoms with Crippen molar-refractivity contribution in [2.75, 3.05) is 0 Å². The fourth-order valence-corrected chi connectivity index (χ4v) is 10.2. The van der Waals surface area contributed by atoms with Crippen LogP contribution in [0.1, 0.15) is 92.7 Å². The molecule has 0 aliphatic rings. The quantitative estimate of drug-likeness (QED) is 0.107. The first-order valence-corrected chi connectivity index (χ1v) is 26.0. The summed E-state index contributed by atoms with van der Waals surface area (Å²) in [7, 11) is 0. The Hall–Kier alpha value is -8.80. The summed E-state index contributed by atoms with van der Waals surface area (Å²) in [6.45, 7) is 20.1. The fourth-order valence-electron chi connectivity index (χ4n) is 10.2. The molecule has 0 unspecified atom stereocenters. The van der Waals surface area contributed by atoms with Gasteiger partial charge in [0, 0.05) is 23.0 Å². The summed E-state index contributed by atoms with van der Waals surface area (Å²) in [5.41, 5.74) is 11.3. The average molecular weight is 1010 g/mol. The second-order valence-electron chi connectivity index (χ2n) is 22.8. The van der Waals surface area contributed by atoms with Crippen LogP contribution < -0.4 is 9.30 Å². The Kier molecular flexibility index (Phi) is 9.60. The first kappa shape index (κ1) is 38.7. The lowest BCUT2D eigenvalue weighted by atomic mass is 9.79. The van der Waals surface area contributed by atoms with Gasteiger partial charge in [0.1, 0.15) is 17.3 Å². The molecule has 0 atom stereocenters. The Morgan fingerprint density at radius 2 is 1.06 bits per heavy atom. The molecule has 0 amide bonds. The number of aromatic nitrogens is 4. The number of para-hydroxylation sites is 1. The van der Waals surface area contributed by atoms with Gasteiger partial charge in [-0.15, -0.1) is 0 Å². The molecule has 0 bridgehead atoms. The molecule has 3 aromatic heterocycles. The van der Waals surface area contributed by atoms with Crippen molar-refractivity contribution in [2.45, 2.75) is 78.6 Å². The van der Waals surface area contributed by atoms with Gasteiger partial charge in [-0.25, -0.2) is 4.98 Å². The molecular weight excluding hydrogens is 937 g/mol. The van der Waals surface area contributed by atoms with E-state index in [1.54, 1.807) is 22.8 Å². The van der Waals surface area contributed by atoms with E-state index in [0.717, 1.165) is 55.4 Å². The lowest BCUT2D eigenvalue weighted by Gasteiger charge is -2.26. The molecule has 0 saturated heterocycles. The molecule has 9 aromatic carbocycles. The highest BCUT2D eigenvalue weighted by Gasteiger charge is 2.25. The van der Waals surface area contributed by atoms with Gasteiger partial charge in [0.05, 0.1) is 47.1 Å². The predicted octanol–water partition coefficient (Wildman–Crippen LogP) is 18.6. The lowest BCUT2D eigenvalue weighted by molar-refractivity contribution is -0.571. The Labute approximate surface area is 467 Å². The first-order valence-electron chi connectivity index (χ1n) is 31.0. The third-order valence-corrected chi connectivity index (χ3v) is 14.5. The van der Waals surface area contributed by atoms with E-state index in [1.807, 2.05) is 89.6 Å². The van der Waals surface area contributed by atoms with Crippen LogP contribution in [0, 0.1) is 6.33 Å². The molecular formula is C72H64N4O. The fraction of sp³-hybridized carbons (Fsp3) is 0.167. The van der Waals surface area contributed by atoms with Crippen LogP contribution in [-0.4, -0.2) is 14.1 Å². The number of rotatable bonds is 9. The molecule has 0 radical (unpaired) electrons. The summed E-state index contributed by atoms with van der Waals surface area (Å²) in [4.78, 5) is 5.00. The number of ether oxygens (including phenoxy) is 1. The number of fused-ring (bicyclic) bond motifs is 4. The van der Waals surface area contributed by atoms with Crippen molar-refractivity contribution < 1.29 is 23.0 Å². The average Bonchev–Trinajstić information content (AvgIpc) is 2.01.